The molecule has 0 bridgehead atoms. The summed E-state index contributed by atoms with van der Waals surface area (Å²) in [6.45, 7) is 8.10. The van der Waals surface area contributed by atoms with Crippen LogP contribution in [0.4, 0.5) is 11.5 Å². The topological polar surface area (TPSA) is 37.8 Å². The molecule has 0 radical (unpaired) electrons. The van der Waals surface area contributed by atoms with Crippen molar-refractivity contribution < 1.29 is 0 Å². The van der Waals surface area contributed by atoms with Crippen LogP contribution >= 0.6 is 11.6 Å². The Labute approximate surface area is 119 Å². The van der Waals surface area contributed by atoms with Gasteiger partial charge in [0.05, 0.1) is 0 Å². The molecule has 0 saturated carbocycles. The molecule has 0 aliphatic heterocycles. The highest BCUT2D eigenvalue weighted by Crippen LogP contribution is 2.24. The van der Waals surface area contributed by atoms with Crippen LogP contribution in [0.1, 0.15) is 36.7 Å². The van der Waals surface area contributed by atoms with Crippen molar-refractivity contribution in [2.24, 2.45) is 0 Å². The number of nitrogens with one attached hydrogen (secondary N) is 1. The molecule has 1 heterocycles. The molecule has 0 atom stereocenters. The second kappa shape index (κ2) is 5.57. The maximum atomic E-state index is 6.06. The first-order chi connectivity index (χ1) is 8.97. The number of anilines is 2. The summed E-state index contributed by atoms with van der Waals surface area (Å²) >= 11 is 6.06. The highest BCUT2D eigenvalue weighted by molar-refractivity contribution is 6.30. The molecule has 4 heteroatoms. The van der Waals surface area contributed by atoms with Crippen molar-refractivity contribution >= 4 is 23.1 Å². The van der Waals surface area contributed by atoms with Crippen molar-refractivity contribution in [1.29, 1.82) is 0 Å². The summed E-state index contributed by atoms with van der Waals surface area (Å²) in [6, 6.07) is 8.36. The summed E-state index contributed by atoms with van der Waals surface area (Å²) in [4.78, 5) is 8.51. The Balaban J connectivity index is 2.26. The molecule has 0 spiro atoms. The van der Waals surface area contributed by atoms with Gasteiger partial charge in [-0.3, -0.25) is 0 Å². The van der Waals surface area contributed by atoms with Gasteiger partial charge >= 0.3 is 0 Å². The fourth-order valence-electron chi connectivity index (χ4n) is 1.80. The summed E-state index contributed by atoms with van der Waals surface area (Å²) in [7, 11) is 0. The van der Waals surface area contributed by atoms with E-state index in [1.165, 1.54) is 5.56 Å². The van der Waals surface area contributed by atoms with Gasteiger partial charge in [0.25, 0.3) is 0 Å². The smallest absolute Gasteiger partial charge is 0.138 e. The second-order valence-electron chi connectivity index (χ2n) is 4.94. The predicted octanol–water partition coefficient (Wildman–Crippen LogP) is 4.61. The van der Waals surface area contributed by atoms with Crippen LogP contribution in [0.3, 0.4) is 0 Å². The molecule has 0 unspecified atom stereocenters. The quantitative estimate of drug-likeness (QED) is 0.831. The Bertz CT molecular complexity index is 577. The zero-order valence-corrected chi connectivity index (χ0v) is 12.4. The van der Waals surface area contributed by atoms with Crippen LogP contribution < -0.4 is 5.32 Å². The van der Waals surface area contributed by atoms with Crippen molar-refractivity contribution in [3.05, 3.63) is 46.4 Å². The summed E-state index contributed by atoms with van der Waals surface area (Å²) in [5.41, 5.74) is 3.18. The van der Waals surface area contributed by atoms with Gasteiger partial charge in [0.15, 0.2) is 0 Å². The van der Waals surface area contributed by atoms with E-state index in [1.54, 1.807) is 0 Å². The zero-order valence-electron chi connectivity index (χ0n) is 11.7. The van der Waals surface area contributed by atoms with E-state index in [4.69, 9.17) is 11.6 Å². The van der Waals surface area contributed by atoms with Gasteiger partial charge in [0, 0.05) is 11.3 Å². The van der Waals surface area contributed by atoms with Gasteiger partial charge < -0.3 is 5.32 Å². The number of aromatic nitrogens is 2. The van der Waals surface area contributed by atoms with Crippen LogP contribution in [0.15, 0.2) is 24.3 Å². The first kappa shape index (κ1) is 13.8. The Morgan fingerprint density at radius 1 is 1.05 bits per heavy atom. The Kier molecular flexibility index (Phi) is 4.05. The summed E-state index contributed by atoms with van der Waals surface area (Å²) in [5.74, 6) is 1.96. The van der Waals surface area contributed by atoms with Crippen LogP contribution in [0.5, 0.6) is 0 Å². The Morgan fingerprint density at radius 3 is 2.26 bits per heavy atom. The lowest BCUT2D eigenvalue weighted by Crippen LogP contribution is -2.01. The van der Waals surface area contributed by atoms with Gasteiger partial charge in [-0.2, -0.15) is 0 Å². The molecular weight excluding hydrogens is 258 g/mol. The zero-order chi connectivity index (χ0) is 14.0. The minimum Gasteiger partial charge on any atom is -0.340 e. The van der Waals surface area contributed by atoms with E-state index in [-0.39, 0.29) is 0 Å². The molecule has 100 valence electrons. The fourth-order valence-corrected chi connectivity index (χ4v) is 2.02. The minimum atomic E-state index is 0.494. The van der Waals surface area contributed by atoms with E-state index in [2.05, 4.69) is 53.4 Å². The molecule has 0 fully saturated rings. The van der Waals surface area contributed by atoms with Crippen molar-refractivity contribution in [1.82, 2.24) is 9.97 Å². The Hall–Kier alpha value is -1.61. The number of aryl methyl sites for hydroxylation is 1. The number of benzene rings is 1. The minimum absolute atomic E-state index is 0.494. The van der Waals surface area contributed by atoms with Crippen LogP contribution in [-0.2, 0) is 0 Å². The lowest BCUT2D eigenvalue weighted by atomic mass is 10.0. The van der Waals surface area contributed by atoms with E-state index < -0.39 is 0 Å². The summed E-state index contributed by atoms with van der Waals surface area (Å²) in [5, 5.41) is 3.78. The van der Waals surface area contributed by atoms with Gasteiger partial charge in [-0.1, -0.05) is 37.6 Å². The number of rotatable bonds is 3. The van der Waals surface area contributed by atoms with E-state index in [9.17, 15) is 0 Å². The maximum Gasteiger partial charge on any atom is 0.138 e. The van der Waals surface area contributed by atoms with E-state index in [0.717, 1.165) is 17.1 Å². The molecule has 0 saturated heterocycles. The van der Waals surface area contributed by atoms with Gasteiger partial charge in [-0.15, -0.1) is 0 Å². The van der Waals surface area contributed by atoms with E-state index in [1.807, 2.05) is 13.8 Å². The largest absolute Gasteiger partial charge is 0.340 e. The molecule has 0 amide bonds. The van der Waals surface area contributed by atoms with Gasteiger partial charge in [0.1, 0.15) is 16.8 Å². The van der Waals surface area contributed by atoms with E-state index >= 15 is 0 Å². The second-order valence-corrected chi connectivity index (χ2v) is 5.29. The molecule has 3 nitrogen and oxygen atoms in total. The third-order valence-electron chi connectivity index (χ3n) is 3.04. The summed E-state index contributed by atoms with van der Waals surface area (Å²) in [6.07, 6.45) is 0. The first-order valence-electron chi connectivity index (χ1n) is 6.35. The third-order valence-corrected chi connectivity index (χ3v) is 3.41. The number of nitrogens with zero attached hydrogens (tertiary/aromatic N) is 2. The maximum absolute atomic E-state index is 6.06. The van der Waals surface area contributed by atoms with Gasteiger partial charge in [-0.25, -0.2) is 9.97 Å². The monoisotopic (exact) mass is 275 g/mol. The molecule has 2 aromatic rings. The molecule has 0 aliphatic carbocycles. The lowest BCUT2D eigenvalue weighted by molar-refractivity contribution is 0.867. The van der Waals surface area contributed by atoms with Crippen LogP contribution in [-0.4, -0.2) is 9.97 Å². The van der Waals surface area contributed by atoms with Crippen molar-refractivity contribution in [3.63, 3.8) is 0 Å². The molecule has 2 rings (SSSR count). The SMILES string of the molecule is Cc1nc(Cl)c(C)c(Nc2ccc(C(C)C)cc2)n1. The number of hydrogen-bond acceptors (Lipinski definition) is 3. The fraction of sp³-hybridized carbons (Fsp3) is 0.333. The average Bonchev–Trinajstić information content (AvgIpc) is 2.36. The van der Waals surface area contributed by atoms with E-state index in [0.29, 0.717) is 16.9 Å². The predicted molar refractivity (Wildman–Crippen MR) is 80.3 cm³/mol. The highest BCUT2D eigenvalue weighted by atomic mass is 35.5. The molecular formula is C15H18ClN3. The first-order valence-corrected chi connectivity index (χ1v) is 6.73. The van der Waals surface area contributed by atoms with Gasteiger partial charge in [0.2, 0.25) is 0 Å². The molecule has 1 aromatic carbocycles. The van der Waals surface area contributed by atoms with Crippen molar-refractivity contribution in [2.45, 2.75) is 33.6 Å². The Morgan fingerprint density at radius 2 is 1.68 bits per heavy atom. The molecule has 1 aromatic heterocycles. The van der Waals surface area contributed by atoms with Crippen LogP contribution in [0.2, 0.25) is 5.15 Å². The normalized spacial score (nSPS) is 10.8. The highest BCUT2D eigenvalue weighted by Gasteiger charge is 2.07. The standard InChI is InChI=1S/C15H18ClN3/c1-9(2)12-5-7-13(8-6-12)19-15-10(3)14(16)17-11(4)18-15/h5-9H,1-4H3,(H,17,18,19). The number of halogens is 1. The molecule has 0 aliphatic rings. The summed E-state index contributed by atoms with van der Waals surface area (Å²) < 4.78 is 0. The van der Waals surface area contributed by atoms with Crippen LogP contribution in [0.25, 0.3) is 0 Å². The van der Waals surface area contributed by atoms with Crippen LogP contribution in [0, 0.1) is 13.8 Å². The lowest BCUT2D eigenvalue weighted by Gasteiger charge is -2.11. The third kappa shape index (κ3) is 3.24. The molecule has 19 heavy (non-hydrogen) atoms. The molecule has 1 N–H and O–H groups in total. The number of hydrogen-bond donors (Lipinski definition) is 1. The average molecular weight is 276 g/mol. The van der Waals surface area contributed by atoms with Gasteiger partial charge in [-0.05, 0) is 37.5 Å². The van der Waals surface area contributed by atoms with Crippen molar-refractivity contribution in [2.75, 3.05) is 5.32 Å². The van der Waals surface area contributed by atoms with Crippen molar-refractivity contribution in [3.8, 4) is 0 Å².